The SMILES string of the molecule is CC(Nc1ccc(CN2CCc3ccc(Cl)cc3CC2)cc1)=C1C(=O)Nc2ccc(N)cc21. The quantitative estimate of drug-likeness (QED) is 0.365. The molecular formula is C27H27ClN4O. The van der Waals surface area contributed by atoms with E-state index >= 15 is 0 Å². The minimum Gasteiger partial charge on any atom is -0.399 e. The fourth-order valence-electron chi connectivity index (χ4n) is 4.69. The van der Waals surface area contributed by atoms with Gasteiger partial charge in [0, 0.05) is 53.0 Å². The largest absolute Gasteiger partial charge is 0.399 e. The Kier molecular flexibility index (Phi) is 5.83. The van der Waals surface area contributed by atoms with Gasteiger partial charge >= 0.3 is 0 Å². The summed E-state index contributed by atoms with van der Waals surface area (Å²) in [6, 6.07) is 20.2. The number of amides is 1. The van der Waals surface area contributed by atoms with Crippen molar-refractivity contribution in [2.45, 2.75) is 26.3 Å². The Labute approximate surface area is 199 Å². The molecule has 0 radical (unpaired) electrons. The molecule has 2 aliphatic rings. The normalized spacial score (nSPS) is 17.1. The molecule has 0 unspecified atom stereocenters. The molecule has 0 saturated carbocycles. The summed E-state index contributed by atoms with van der Waals surface area (Å²) < 4.78 is 0. The fourth-order valence-corrected chi connectivity index (χ4v) is 4.88. The molecule has 0 aliphatic carbocycles. The summed E-state index contributed by atoms with van der Waals surface area (Å²) in [6.07, 6.45) is 2.07. The first-order valence-electron chi connectivity index (χ1n) is 11.2. The molecule has 5 nitrogen and oxygen atoms in total. The molecule has 3 aromatic rings. The number of carbonyl (C=O) groups is 1. The minimum absolute atomic E-state index is 0.110. The third-order valence-electron chi connectivity index (χ3n) is 6.42. The highest BCUT2D eigenvalue weighted by Gasteiger charge is 2.26. The van der Waals surface area contributed by atoms with E-state index in [-0.39, 0.29) is 5.91 Å². The van der Waals surface area contributed by atoms with E-state index in [9.17, 15) is 4.79 Å². The number of benzene rings is 3. The number of hydrogen-bond donors (Lipinski definition) is 3. The van der Waals surface area contributed by atoms with Gasteiger partial charge in [0.05, 0.1) is 5.57 Å². The zero-order chi connectivity index (χ0) is 22.9. The first-order chi connectivity index (χ1) is 16.0. The van der Waals surface area contributed by atoms with E-state index in [1.165, 1.54) is 16.7 Å². The Morgan fingerprint density at radius 3 is 2.58 bits per heavy atom. The summed E-state index contributed by atoms with van der Waals surface area (Å²) in [6.45, 7) is 4.90. The van der Waals surface area contributed by atoms with Gasteiger partial charge in [0.2, 0.25) is 0 Å². The predicted octanol–water partition coefficient (Wildman–Crippen LogP) is 5.32. The summed E-state index contributed by atoms with van der Waals surface area (Å²) in [5, 5.41) is 7.11. The predicted molar refractivity (Wildman–Crippen MR) is 136 cm³/mol. The second-order valence-electron chi connectivity index (χ2n) is 8.77. The minimum atomic E-state index is -0.110. The molecule has 33 heavy (non-hydrogen) atoms. The number of fused-ring (bicyclic) bond motifs is 2. The number of halogens is 1. The molecule has 0 saturated heterocycles. The van der Waals surface area contributed by atoms with Crippen molar-refractivity contribution < 1.29 is 4.79 Å². The van der Waals surface area contributed by atoms with E-state index in [2.05, 4.69) is 51.9 Å². The van der Waals surface area contributed by atoms with E-state index < -0.39 is 0 Å². The van der Waals surface area contributed by atoms with Gasteiger partial charge in [-0.05, 0) is 78.9 Å². The molecule has 1 amide bonds. The standard InChI is InChI=1S/C27H27ClN4O/c1-17(26-24-15-22(29)6-9-25(24)31-27(26)33)30-23-7-2-18(3-8-23)16-32-12-10-19-4-5-21(28)14-20(19)11-13-32/h2-9,14-15,30H,10-13,16,29H2,1H3,(H,31,33). The van der Waals surface area contributed by atoms with Gasteiger partial charge in [0.1, 0.15) is 0 Å². The van der Waals surface area contributed by atoms with Crippen LogP contribution in [0.5, 0.6) is 0 Å². The highest BCUT2D eigenvalue weighted by atomic mass is 35.5. The molecule has 0 bridgehead atoms. The summed E-state index contributed by atoms with van der Waals surface area (Å²) in [5.74, 6) is -0.110. The number of hydrogen-bond acceptors (Lipinski definition) is 4. The number of nitrogen functional groups attached to an aromatic ring is 1. The summed E-state index contributed by atoms with van der Waals surface area (Å²) >= 11 is 6.18. The van der Waals surface area contributed by atoms with Crippen LogP contribution in [0.4, 0.5) is 17.1 Å². The van der Waals surface area contributed by atoms with E-state index in [4.69, 9.17) is 17.3 Å². The molecule has 168 valence electrons. The van der Waals surface area contributed by atoms with E-state index in [0.29, 0.717) is 11.3 Å². The zero-order valence-electron chi connectivity index (χ0n) is 18.6. The Hall–Kier alpha value is -3.28. The van der Waals surface area contributed by atoms with Crippen molar-refractivity contribution in [2.75, 3.05) is 29.5 Å². The lowest BCUT2D eigenvalue weighted by Crippen LogP contribution is -2.25. The average molecular weight is 459 g/mol. The third kappa shape index (κ3) is 4.61. The van der Waals surface area contributed by atoms with Crippen LogP contribution in [0.2, 0.25) is 5.02 Å². The van der Waals surface area contributed by atoms with E-state index in [0.717, 1.165) is 60.1 Å². The summed E-state index contributed by atoms with van der Waals surface area (Å²) in [5.41, 5.74) is 14.6. The first kappa shape index (κ1) is 21.6. The van der Waals surface area contributed by atoms with Crippen LogP contribution >= 0.6 is 11.6 Å². The van der Waals surface area contributed by atoms with Crippen molar-refractivity contribution in [2.24, 2.45) is 0 Å². The number of allylic oxidation sites excluding steroid dienone is 1. The highest BCUT2D eigenvalue weighted by molar-refractivity contribution is 6.32. The van der Waals surface area contributed by atoms with Crippen LogP contribution in [-0.4, -0.2) is 23.9 Å². The number of nitrogens with zero attached hydrogens (tertiary/aromatic N) is 1. The average Bonchev–Trinajstić information content (AvgIpc) is 2.99. The second kappa shape index (κ2) is 8.93. The summed E-state index contributed by atoms with van der Waals surface area (Å²) in [7, 11) is 0. The Bertz CT molecular complexity index is 1250. The van der Waals surface area contributed by atoms with E-state index in [1.54, 1.807) is 6.07 Å². The Morgan fingerprint density at radius 1 is 1.03 bits per heavy atom. The molecule has 2 aliphatic heterocycles. The van der Waals surface area contributed by atoms with Gasteiger partial charge in [0.25, 0.3) is 5.91 Å². The molecule has 5 rings (SSSR count). The Balaban J connectivity index is 1.26. The molecule has 6 heteroatoms. The van der Waals surface area contributed by atoms with Crippen LogP contribution in [-0.2, 0) is 24.2 Å². The van der Waals surface area contributed by atoms with Crippen LogP contribution in [0, 0.1) is 0 Å². The Morgan fingerprint density at radius 2 is 1.79 bits per heavy atom. The molecular weight excluding hydrogens is 432 g/mol. The maximum Gasteiger partial charge on any atom is 0.258 e. The number of rotatable bonds is 4. The molecule has 0 fully saturated rings. The van der Waals surface area contributed by atoms with Gasteiger partial charge in [-0.1, -0.05) is 29.8 Å². The van der Waals surface area contributed by atoms with Crippen molar-refractivity contribution in [1.29, 1.82) is 0 Å². The topological polar surface area (TPSA) is 70.4 Å². The van der Waals surface area contributed by atoms with Crippen LogP contribution in [0.1, 0.15) is 29.2 Å². The van der Waals surface area contributed by atoms with Gasteiger partial charge in [-0.2, -0.15) is 0 Å². The number of nitrogens with one attached hydrogen (secondary N) is 2. The second-order valence-corrected chi connectivity index (χ2v) is 9.21. The van der Waals surface area contributed by atoms with Crippen molar-refractivity contribution in [1.82, 2.24) is 4.90 Å². The van der Waals surface area contributed by atoms with Gasteiger partial charge < -0.3 is 16.4 Å². The maximum absolute atomic E-state index is 12.5. The van der Waals surface area contributed by atoms with Crippen molar-refractivity contribution in [3.05, 3.63) is 93.6 Å². The molecule has 0 atom stereocenters. The number of carbonyl (C=O) groups excluding carboxylic acids is 1. The zero-order valence-corrected chi connectivity index (χ0v) is 19.4. The lowest BCUT2D eigenvalue weighted by Gasteiger charge is -2.20. The van der Waals surface area contributed by atoms with E-state index in [1.807, 2.05) is 25.1 Å². The molecule has 0 spiro atoms. The molecule has 2 heterocycles. The first-order valence-corrected chi connectivity index (χ1v) is 11.6. The number of nitrogens with two attached hydrogens (primary N) is 1. The summed E-state index contributed by atoms with van der Waals surface area (Å²) in [4.78, 5) is 15.0. The van der Waals surface area contributed by atoms with Crippen LogP contribution < -0.4 is 16.4 Å². The van der Waals surface area contributed by atoms with Crippen molar-refractivity contribution in [3.63, 3.8) is 0 Å². The monoisotopic (exact) mass is 458 g/mol. The third-order valence-corrected chi connectivity index (χ3v) is 6.65. The van der Waals surface area contributed by atoms with Crippen LogP contribution in [0.3, 0.4) is 0 Å². The van der Waals surface area contributed by atoms with Gasteiger partial charge in [-0.25, -0.2) is 0 Å². The molecule has 3 aromatic carbocycles. The van der Waals surface area contributed by atoms with Crippen molar-refractivity contribution >= 4 is 40.1 Å². The maximum atomic E-state index is 12.5. The van der Waals surface area contributed by atoms with Gasteiger partial charge in [-0.3, -0.25) is 9.69 Å². The molecule has 4 N–H and O–H groups in total. The lowest BCUT2D eigenvalue weighted by molar-refractivity contribution is -0.110. The number of anilines is 3. The lowest BCUT2D eigenvalue weighted by atomic mass is 10.0. The van der Waals surface area contributed by atoms with Crippen LogP contribution in [0.25, 0.3) is 5.57 Å². The van der Waals surface area contributed by atoms with Gasteiger partial charge in [0.15, 0.2) is 0 Å². The highest BCUT2D eigenvalue weighted by Crippen LogP contribution is 2.35. The van der Waals surface area contributed by atoms with Crippen molar-refractivity contribution in [3.8, 4) is 0 Å². The molecule has 0 aromatic heterocycles. The fraction of sp³-hybridized carbons (Fsp3) is 0.222. The van der Waals surface area contributed by atoms with Crippen LogP contribution in [0.15, 0.2) is 66.4 Å². The van der Waals surface area contributed by atoms with Gasteiger partial charge in [-0.15, -0.1) is 0 Å². The smallest absolute Gasteiger partial charge is 0.258 e.